The van der Waals surface area contributed by atoms with Crippen molar-refractivity contribution in [3.8, 4) is 0 Å². The van der Waals surface area contributed by atoms with Crippen LogP contribution in [-0.2, 0) is 16.1 Å². The fourth-order valence-corrected chi connectivity index (χ4v) is 3.18. The van der Waals surface area contributed by atoms with Crippen LogP contribution in [0.4, 0.5) is 11.4 Å². The SMILES string of the molecule is CC(C)CC(=O)Nc1ccc(N(C)C)c(CN(C(=O)C(C)(C)C)[C@H](C)C(C)C)c1. The van der Waals surface area contributed by atoms with Crippen molar-refractivity contribution in [2.45, 2.75) is 74.4 Å². The molecule has 1 aromatic carbocycles. The Bertz CT molecular complexity index is 703. The standard InChI is InChI=1S/C24H41N3O2/c1-16(2)13-22(28)25-20-11-12-21(26(9)10)19(14-20)15-27(18(5)17(3)4)23(29)24(6,7)8/h11-12,14,16-18H,13,15H2,1-10H3,(H,25,28)/t18-/m1/s1. The number of rotatable bonds is 8. The molecule has 29 heavy (non-hydrogen) atoms. The van der Waals surface area contributed by atoms with Crippen LogP contribution in [0, 0.1) is 17.3 Å². The molecule has 0 fully saturated rings. The van der Waals surface area contributed by atoms with Crippen molar-refractivity contribution in [3.63, 3.8) is 0 Å². The monoisotopic (exact) mass is 403 g/mol. The highest BCUT2D eigenvalue weighted by Gasteiger charge is 2.32. The third-order valence-corrected chi connectivity index (χ3v) is 5.14. The molecule has 0 heterocycles. The predicted molar refractivity (Wildman–Crippen MR) is 123 cm³/mol. The topological polar surface area (TPSA) is 52.7 Å². The summed E-state index contributed by atoms with van der Waals surface area (Å²) in [6, 6.07) is 6.05. The van der Waals surface area contributed by atoms with E-state index in [0.717, 1.165) is 16.9 Å². The van der Waals surface area contributed by atoms with Crippen molar-refractivity contribution < 1.29 is 9.59 Å². The minimum atomic E-state index is -0.454. The lowest BCUT2D eigenvalue weighted by Crippen LogP contribution is -2.46. The molecule has 0 aromatic heterocycles. The molecule has 0 aliphatic carbocycles. The Balaban J connectivity index is 3.30. The summed E-state index contributed by atoms with van der Waals surface area (Å²) in [5.74, 6) is 0.805. The van der Waals surface area contributed by atoms with E-state index in [1.54, 1.807) is 0 Å². The molecule has 5 nitrogen and oxygen atoms in total. The molecule has 5 heteroatoms. The molecule has 1 N–H and O–H groups in total. The van der Waals surface area contributed by atoms with E-state index < -0.39 is 5.41 Å². The van der Waals surface area contributed by atoms with Gasteiger partial charge in [-0.25, -0.2) is 0 Å². The van der Waals surface area contributed by atoms with Gasteiger partial charge in [-0.1, -0.05) is 48.5 Å². The van der Waals surface area contributed by atoms with Gasteiger partial charge in [-0.15, -0.1) is 0 Å². The third-order valence-electron chi connectivity index (χ3n) is 5.14. The molecule has 0 saturated carbocycles. The smallest absolute Gasteiger partial charge is 0.228 e. The summed E-state index contributed by atoms with van der Waals surface area (Å²) in [7, 11) is 4.00. The van der Waals surface area contributed by atoms with E-state index in [0.29, 0.717) is 24.8 Å². The first-order chi connectivity index (χ1) is 13.2. The number of anilines is 2. The van der Waals surface area contributed by atoms with Crippen molar-refractivity contribution in [2.75, 3.05) is 24.3 Å². The van der Waals surface area contributed by atoms with E-state index in [-0.39, 0.29) is 17.9 Å². The number of carbonyl (C=O) groups excluding carboxylic acids is 2. The lowest BCUT2D eigenvalue weighted by atomic mass is 9.92. The van der Waals surface area contributed by atoms with Crippen LogP contribution in [0.2, 0.25) is 0 Å². The molecule has 0 spiro atoms. The molecule has 0 bridgehead atoms. The Morgan fingerprint density at radius 3 is 2.07 bits per heavy atom. The number of benzene rings is 1. The first-order valence-corrected chi connectivity index (χ1v) is 10.6. The molecule has 1 rings (SSSR count). The quantitative estimate of drug-likeness (QED) is 0.652. The molecule has 0 saturated heterocycles. The zero-order valence-electron chi connectivity index (χ0n) is 20.1. The highest BCUT2D eigenvalue weighted by atomic mass is 16.2. The molecule has 0 unspecified atom stereocenters. The minimum absolute atomic E-state index is 0.0155. The second-order valence-electron chi connectivity index (χ2n) is 10.1. The van der Waals surface area contributed by atoms with E-state index in [4.69, 9.17) is 0 Å². The van der Waals surface area contributed by atoms with Gasteiger partial charge in [0.15, 0.2) is 0 Å². The summed E-state index contributed by atoms with van der Waals surface area (Å²) in [6.45, 7) is 16.9. The average Bonchev–Trinajstić information content (AvgIpc) is 2.56. The second kappa shape index (κ2) is 10.1. The Hall–Kier alpha value is -2.04. The van der Waals surface area contributed by atoms with Crippen LogP contribution in [0.3, 0.4) is 0 Å². The van der Waals surface area contributed by atoms with Crippen LogP contribution in [0.5, 0.6) is 0 Å². The van der Waals surface area contributed by atoms with Crippen LogP contribution in [-0.4, -0.2) is 36.9 Å². The van der Waals surface area contributed by atoms with Gasteiger partial charge in [-0.3, -0.25) is 9.59 Å². The fourth-order valence-electron chi connectivity index (χ4n) is 3.18. The van der Waals surface area contributed by atoms with E-state index in [2.05, 4.69) is 31.0 Å². The number of nitrogens with zero attached hydrogens (tertiary/aromatic N) is 2. The van der Waals surface area contributed by atoms with Crippen molar-refractivity contribution >= 4 is 23.2 Å². The molecule has 1 aromatic rings. The molecule has 164 valence electrons. The summed E-state index contributed by atoms with van der Waals surface area (Å²) in [6.07, 6.45) is 0.490. The normalized spacial score (nSPS) is 12.8. The van der Waals surface area contributed by atoms with E-state index in [1.165, 1.54) is 0 Å². The van der Waals surface area contributed by atoms with Gasteiger partial charge in [0.2, 0.25) is 11.8 Å². The number of nitrogens with one attached hydrogen (secondary N) is 1. The van der Waals surface area contributed by atoms with Gasteiger partial charge >= 0.3 is 0 Å². The average molecular weight is 404 g/mol. The Labute approximate surface area is 177 Å². The van der Waals surface area contributed by atoms with Gasteiger partial charge in [-0.2, -0.15) is 0 Å². The first-order valence-electron chi connectivity index (χ1n) is 10.6. The van der Waals surface area contributed by atoms with Crippen molar-refractivity contribution in [1.82, 2.24) is 4.90 Å². The summed E-state index contributed by atoms with van der Waals surface area (Å²) < 4.78 is 0. The Kier molecular flexibility index (Phi) is 8.73. The molecule has 1 atom stereocenters. The number of amides is 2. The minimum Gasteiger partial charge on any atom is -0.377 e. The number of carbonyl (C=O) groups is 2. The molecule has 0 aliphatic heterocycles. The maximum atomic E-state index is 13.2. The largest absolute Gasteiger partial charge is 0.377 e. The van der Waals surface area contributed by atoms with Gasteiger partial charge in [0.05, 0.1) is 0 Å². The van der Waals surface area contributed by atoms with Gasteiger partial charge in [0, 0.05) is 49.9 Å². The second-order valence-corrected chi connectivity index (χ2v) is 10.1. The van der Waals surface area contributed by atoms with Crippen LogP contribution in [0.25, 0.3) is 0 Å². The van der Waals surface area contributed by atoms with Crippen LogP contribution in [0.15, 0.2) is 18.2 Å². The van der Waals surface area contributed by atoms with Crippen LogP contribution < -0.4 is 10.2 Å². The Morgan fingerprint density at radius 2 is 1.62 bits per heavy atom. The maximum absolute atomic E-state index is 13.2. The lowest BCUT2D eigenvalue weighted by Gasteiger charge is -2.37. The van der Waals surface area contributed by atoms with Gasteiger partial charge < -0.3 is 15.1 Å². The van der Waals surface area contributed by atoms with Crippen molar-refractivity contribution in [3.05, 3.63) is 23.8 Å². The number of hydrogen-bond donors (Lipinski definition) is 1. The number of hydrogen-bond acceptors (Lipinski definition) is 3. The van der Waals surface area contributed by atoms with Crippen LogP contribution in [0.1, 0.15) is 67.4 Å². The molecular weight excluding hydrogens is 362 g/mol. The van der Waals surface area contributed by atoms with E-state index in [1.807, 2.05) is 71.8 Å². The predicted octanol–water partition coefficient (Wildman–Crippen LogP) is 5.16. The summed E-state index contributed by atoms with van der Waals surface area (Å²) in [5.41, 5.74) is 2.40. The molecule has 0 radical (unpaired) electrons. The highest BCUT2D eigenvalue weighted by molar-refractivity contribution is 5.91. The maximum Gasteiger partial charge on any atom is 0.228 e. The third kappa shape index (κ3) is 7.37. The zero-order chi connectivity index (χ0) is 22.5. The van der Waals surface area contributed by atoms with Crippen LogP contribution >= 0.6 is 0 Å². The first kappa shape index (κ1) is 25.0. The van der Waals surface area contributed by atoms with Crippen molar-refractivity contribution in [1.29, 1.82) is 0 Å². The lowest BCUT2D eigenvalue weighted by molar-refractivity contribution is -0.143. The molecular formula is C24H41N3O2. The summed E-state index contributed by atoms with van der Waals surface area (Å²) in [5, 5.41) is 3.00. The summed E-state index contributed by atoms with van der Waals surface area (Å²) in [4.78, 5) is 29.5. The zero-order valence-corrected chi connectivity index (χ0v) is 20.1. The van der Waals surface area contributed by atoms with Gasteiger partial charge in [0.1, 0.15) is 0 Å². The summed E-state index contributed by atoms with van der Waals surface area (Å²) >= 11 is 0. The van der Waals surface area contributed by atoms with Gasteiger partial charge in [0.25, 0.3) is 0 Å². The van der Waals surface area contributed by atoms with Gasteiger partial charge in [-0.05, 0) is 42.5 Å². The van der Waals surface area contributed by atoms with E-state index >= 15 is 0 Å². The highest BCUT2D eigenvalue weighted by Crippen LogP contribution is 2.29. The van der Waals surface area contributed by atoms with E-state index in [9.17, 15) is 9.59 Å². The van der Waals surface area contributed by atoms with Crippen molar-refractivity contribution in [2.24, 2.45) is 17.3 Å². The molecule has 2 amide bonds. The molecule has 0 aliphatic rings. The Morgan fingerprint density at radius 1 is 1.03 bits per heavy atom. The fraction of sp³-hybridized carbons (Fsp3) is 0.667.